The highest BCUT2D eigenvalue weighted by molar-refractivity contribution is 7.38. The minimum absolute atomic E-state index is 1.13. The van der Waals surface area contributed by atoms with Crippen molar-refractivity contribution in [3.8, 4) is 0 Å². The predicted octanol–water partition coefficient (Wildman–Crippen LogP) is 4.56. The van der Waals surface area contributed by atoms with Gasteiger partial charge in [0, 0.05) is 0 Å². The Balaban J connectivity index is 1.60. The zero-order valence-electron chi connectivity index (χ0n) is 9.99. The van der Waals surface area contributed by atoms with Gasteiger partial charge in [-0.2, -0.15) is 0 Å². The lowest BCUT2D eigenvalue weighted by molar-refractivity contribution is 0.0256. The van der Waals surface area contributed by atoms with Crippen LogP contribution in [0.3, 0.4) is 0 Å². The molecule has 1 heteroatoms. The summed E-state index contributed by atoms with van der Waals surface area (Å²) in [6, 6.07) is 0. The van der Waals surface area contributed by atoms with Crippen molar-refractivity contribution in [3.63, 3.8) is 0 Å². The summed E-state index contributed by atoms with van der Waals surface area (Å²) in [7, 11) is 1.83. The molecule has 4 rings (SSSR count). The quantitative estimate of drug-likeness (QED) is 0.484. The van der Waals surface area contributed by atoms with Crippen LogP contribution < -0.4 is 0 Å². The van der Waals surface area contributed by atoms with Crippen LogP contribution in [-0.2, 0) is 0 Å². The monoisotopic (exact) mass is 223 g/mol. The average Bonchev–Trinajstić information content (AvgIpc) is 2.21. The van der Waals surface area contributed by atoms with E-state index in [-0.39, 0.29) is 0 Å². The summed E-state index contributed by atoms with van der Waals surface area (Å²) in [5, 5.41) is 0. The van der Waals surface area contributed by atoms with E-state index in [1.807, 2.05) is 8.58 Å². The van der Waals surface area contributed by atoms with Gasteiger partial charge < -0.3 is 0 Å². The topological polar surface area (TPSA) is 0 Å². The number of hydrogen-bond acceptors (Lipinski definition) is 0. The minimum Gasteiger partial charge on any atom is -0.0770 e. The van der Waals surface area contributed by atoms with Crippen molar-refractivity contribution in [3.05, 3.63) is 0 Å². The Labute approximate surface area is 96.4 Å². The smallest absolute Gasteiger partial charge is 0.0113 e. The second-order valence-electron chi connectivity index (χ2n) is 6.18. The van der Waals surface area contributed by atoms with E-state index in [4.69, 9.17) is 0 Å². The average molecular weight is 223 g/mol. The van der Waals surface area contributed by atoms with Crippen molar-refractivity contribution in [2.75, 3.05) is 6.16 Å². The molecule has 4 aliphatic rings. The van der Waals surface area contributed by atoms with E-state index < -0.39 is 0 Å². The van der Waals surface area contributed by atoms with Crippen molar-refractivity contribution in [1.82, 2.24) is 0 Å². The first kappa shape index (κ1) is 10.6. The maximum absolute atomic E-state index is 2.33. The Morgan fingerprint density at radius 1 is 0.933 bits per heavy atom. The van der Waals surface area contributed by atoms with Crippen LogP contribution in [0.4, 0.5) is 0 Å². The fraction of sp³-hybridized carbons (Fsp3) is 1.00. The third kappa shape index (κ3) is 1.99. The van der Waals surface area contributed by atoms with Gasteiger partial charge in [0.1, 0.15) is 0 Å². The fourth-order valence-corrected chi connectivity index (χ4v) is 6.47. The molecule has 4 bridgehead atoms. The van der Waals surface area contributed by atoms with E-state index in [0.29, 0.717) is 0 Å². The van der Waals surface area contributed by atoms with E-state index in [0.717, 1.165) is 29.3 Å². The number of hydrogen-bond donors (Lipinski definition) is 0. The van der Waals surface area contributed by atoms with E-state index in [2.05, 4.69) is 6.92 Å². The molecular weight excluding hydrogens is 199 g/mol. The highest BCUT2D eigenvalue weighted by Crippen LogP contribution is 2.58. The Morgan fingerprint density at radius 3 is 2.07 bits per heavy atom. The van der Waals surface area contributed by atoms with Gasteiger partial charge in [-0.1, -0.05) is 21.9 Å². The molecule has 0 nitrogen and oxygen atoms in total. The number of unbranched alkanes of at least 4 members (excludes halogenated alkanes) is 1. The molecule has 85 valence electrons. The zero-order chi connectivity index (χ0) is 10.3. The van der Waals surface area contributed by atoms with Crippen LogP contribution in [0.5, 0.6) is 0 Å². The van der Waals surface area contributed by atoms with Gasteiger partial charge in [-0.3, -0.25) is 0 Å². The summed E-state index contributed by atoms with van der Waals surface area (Å²) in [6.45, 7) is 2.33. The second-order valence-corrected chi connectivity index (χ2v) is 7.59. The van der Waals surface area contributed by atoms with Crippen LogP contribution in [0.25, 0.3) is 0 Å². The molecule has 0 aliphatic heterocycles. The first-order valence-electron chi connectivity index (χ1n) is 7.03. The van der Waals surface area contributed by atoms with E-state index in [1.54, 1.807) is 32.1 Å². The van der Waals surface area contributed by atoms with E-state index in [9.17, 15) is 0 Å². The molecule has 4 saturated carbocycles. The van der Waals surface area contributed by atoms with Crippen LogP contribution in [0.2, 0.25) is 0 Å². The molecule has 15 heavy (non-hydrogen) atoms. The maximum atomic E-state index is 2.33. The lowest BCUT2D eigenvalue weighted by atomic mass is 9.56. The molecule has 0 heterocycles. The van der Waals surface area contributed by atoms with Crippen LogP contribution in [-0.4, -0.2) is 11.8 Å². The Bertz CT molecular complexity index is 195. The third-order valence-corrected chi connectivity index (χ3v) is 6.87. The van der Waals surface area contributed by atoms with Crippen molar-refractivity contribution in [2.45, 2.75) is 57.5 Å². The van der Waals surface area contributed by atoms with Gasteiger partial charge in [-0.05, 0) is 74.0 Å². The highest BCUT2D eigenvalue weighted by Gasteiger charge is 2.47. The molecule has 0 atom stereocenters. The van der Waals surface area contributed by atoms with Gasteiger partial charge in [0.25, 0.3) is 0 Å². The predicted molar refractivity (Wildman–Crippen MR) is 67.5 cm³/mol. The molecule has 1 radical (unpaired) electrons. The van der Waals surface area contributed by atoms with Gasteiger partial charge in [0.2, 0.25) is 0 Å². The van der Waals surface area contributed by atoms with Crippen LogP contribution >= 0.6 is 8.58 Å². The molecule has 0 aromatic heterocycles. The SMILES string of the molecule is CCCC[P]C1C2CC3CC(C2)CC1C3. The summed E-state index contributed by atoms with van der Waals surface area (Å²) >= 11 is 0. The van der Waals surface area contributed by atoms with Gasteiger partial charge in [-0.15, -0.1) is 0 Å². The van der Waals surface area contributed by atoms with Gasteiger partial charge in [0.15, 0.2) is 0 Å². The first-order chi connectivity index (χ1) is 7.36. The summed E-state index contributed by atoms with van der Waals surface area (Å²) in [5.74, 6) is 4.62. The van der Waals surface area contributed by atoms with Crippen molar-refractivity contribution in [1.29, 1.82) is 0 Å². The normalized spacial score (nSPS) is 48.2. The Morgan fingerprint density at radius 2 is 1.53 bits per heavy atom. The second kappa shape index (κ2) is 4.36. The molecule has 4 aliphatic carbocycles. The lowest BCUT2D eigenvalue weighted by Gasteiger charge is -2.54. The third-order valence-electron chi connectivity index (χ3n) is 5.03. The van der Waals surface area contributed by atoms with Crippen LogP contribution in [0.1, 0.15) is 51.9 Å². The van der Waals surface area contributed by atoms with Crippen LogP contribution in [0.15, 0.2) is 0 Å². The molecule has 0 unspecified atom stereocenters. The summed E-state index contributed by atoms with van der Waals surface area (Å²) in [5.41, 5.74) is 1.13. The van der Waals surface area contributed by atoms with Crippen molar-refractivity contribution < 1.29 is 0 Å². The molecule has 0 aromatic rings. The van der Waals surface area contributed by atoms with Crippen molar-refractivity contribution in [2.24, 2.45) is 23.7 Å². The summed E-state index contributed by atoms with van der Waals surface area (Å²) in [4.78, 5) is 0. The standard InChI is InChI=1S/C14H24P/c1-2-3-4-15-14-12-6-10-5-11(8-12)9-13(14)7-10/h10-14H,2-9H2,1H3. The molecule has 0 spiro atoms. The largest absolute Gasteiger partial charge is 0.0770 e. The van der Waals surface area contributed by atoms with Crippen LogP contribution in [0, 0.1) is 23.7 Å². The summed E-state index contributed by atoms with van der Waals surface area (Å²) in [6.07, 6.45) is 12.4. The van der Waals surface area contributed by atoms with Gasteiger partial charge >= 0.3 is 0 Å². The van der Waals surface area contributed by atoms with Crippen molar-refractivity contribution >= 4 is 8.58 Å². The molecule has 0 amide bonds. The molecule has 4 fully saturated rings. The van der Waals surface area contributed by atoms with Gasteiger partial charge in [-0.25, -0.2) is 0 Å². The first-order valence-corrected chi connectivity index (χ1v) is 8.18. The van der Waals surface area contributed by atoms with E-state index in [1.165, 1.54) is 19.0 Å². The highest BCUT2D eigenvalue weighted by atomic mass is 31.1. The summed E-state index contributed by atoms with van der Waals surface area (Å²) < 4.78 is 0. The fourth-order valence-electron chi connectivity index (χ4n) is 4.59. The maximum Gasteiger partial charge on any atom is -0.0113 e. The molecule has 0 N–H and O–H groups in total. The Hall–Kier alpha value is 0.430. The minimum atomic E-state index is 1.13. The van der Waals surface area contributed by atoms with E-state index >= 15 is 0 Å². The zero-order valence-corrected chi connectivity index (χ0v) is 10.9. The number of rotatable bonds is 4. The molecular formula is C14H24P. The lowest BCUT2D eigenvalue weighted by Crippen LogP contribution is -2.46. The molecule has 0 saturated heterocycles. The Kier molecular flexibility index (Phi) is 3.07. The molecule has 0 aromatic carbocycles. The van der Waals surface area contributed by atoms with Gasteiger partial charge in [0.05, 0.1) is 0 Å².